The van der Waals surface area contributed by atoms with E-state index in [1.807, 2.05) is 0 Å². The Morgan fingerprint density at radius 1 is 1.82 bits per heavy atom. The van der Waals surface area contributed by atoms with Crippen molar-refractivity contribution in [2.24, 2.45) is 0 Å². The first-order chi connectivity index (χ1) is 4.70. The molecule has 0 unspecified atom stereocenters. The van der Waals surface area contributed by atoms with Gasteiger partial charge in [0.15, 0.2) is 6.29 Å². The van der Waals surface area contributed by atoms with Gasteiger partial charge in [0.05, 0.1) is 0 Å². The Kier molecular flexibility index (Phi) is 9.40. The van der Waals surface area contributed by atoms with Crippen LogP contribution in [0.2, 0.25) is 0 Å². The molecule has 0 radical (unpaired) electrons. The van der Waals surface area contributed by atoms with Crippen LogP contribution in [0.15, 0.2) is 12.3 Å². The van der Waals surface area contributed by atoms with Crippen LogP contribution in [0.5, 0.6) is 0 Å². The summed E-state index contributed by atoms with van der Waals surface area (Å²) >= 11 is 0. The van der Waals surface area contributed by atoms with Gasteiger partial charge in [-0.3, -0.25) is 4.79 Å². The molecule has 0 aromatic heterocycles. The summed E-state index contributed by atoms with van der Waals surface area (Å²) in [6, 6.07) is 0. The summed E-state index contributed by atoms with van der Waals surface area (Å²) < 4.78 is 0. The Balaban J connectivity index is -0.000000405. The fraction of sp³-hybridized carbons (Fsp3) is 0.333. The van der Waals surface area contributed by atoms with E-state index >= 15 is 0 Å². The Labute approximate surface area is 88.7 Å². The molecule has 0 aliphatic rings. The Hall–Kier alpha value is -0.320. The van der Waals surface area contributed by atoms with Crippen LogP contribution in [-0.4, -0.2) is 12.3 Å². The van der Waals surface area contributed by atoms with Gasteiger partial charge in [-0.25, -0.2) is 10.3 Å². The summed E-state index contributed by atoms with van der Waals surface area (Å²) in [6.45, 7) is 4.87. The molecule has 5 heteroatoms. The Morgan fingerprint density at radius 3 is 2.73 bits per heavy atom. The maximum atomic E-state index is 10.4. The van der Waals surface area contributed by atoms with Crippen molar-refractivity contribution in [2.75, 3.05) is 0 Å². The quantitative estimate of drug-likeness (QED) is 0.214. The molecular formula is C6H10NNaO3. The molecule has 0 aromatic carbocycles. The first-order valence-electron chi connectivity index (χ1n) is 2.80. The monoisotopic (exact) mass is 167 g/mol. The zero-order valence-electron chi connectivity index (χ0n) is 7.72. The van der Waals surface area contributed by atoms with E-state index in [-0.39, 0.29) is 43.1 Å². The molecule has 11 heavy (non-hydrogen) atoms. The van der Waals surface area contributed by atoms with E-state index in [1.54, 1.807) is 6.92 Å². The molecule has 58 valence electrons. The van der Waals surface area contributed by atoms with Crippen LogP contribution in [0.4, 0.5) is 0 Å². The van der Waals surface area contributed by atoms with Gasteiger partial charge in [-0.2, -0.15) is 0 Å². The molecule has 0 amide bonds. The van der Waals surface area contributed by atoms with E-state index in [2.05, 4.69) is 16.9 Å². The zero-order chi connectivity index (χ0) is 7.98. The topological polar surface area (TPSA) is 55.4 Å². The van der Waals surface area contributed by atoms with E-state index in [4.69, 9.17) is 0 Å². The van der Waals surface area contributed by atoms with E-state index < -0.39 is 5.97 Å². The number of hydrogen-bond donors (Lipinski definition) is 1. The van der Waals surface area contributed by atoms with Crippen molar-refractivity contribution in [3.05, 3.63) is 12.3 Å². The molecule has 0 aliphatic carbocycles. The SMILES string of the molecule is C=C(C=O)NOC(=O)CC.[H-].[Na+]. The predicted octanol–water partition coefficient (Wildman–Crippen LogP) is -2.73. The number of allylic oxidation sites excluding steroid dienone is 1. The molecule has 0 heterocycles. The van der Waals surface area contributed by atoms with E-state index in [0.717, 1.165) is 0 Å². The second-order valence-corrected chi connectivity index (χ2v) is 1.57. The molecule has 0 saturated heterocycles. The van der Waals surface area contributed by atoms with E-state index in [9.17, 15) is 9.59 Å². The second-order valence-electron chi connectivity index (χ2n) is 1.57. The molecule has 0 saturated carbocycles. The van der Waals surface area contributed by atoms with E-state index in [0.29, 0.717) is 6.29 Å². The molecular weight excluding hydrogens is 157 g/mol. The van der Waals surface area contributed by atoms with E-state index in [1.165, 1.54) is 0 Å². The van der Waals surface area contributed by atoms with Gasteiger partial charge in [-0.15, -0.1) is 0 Å². The maximum Gasteiger partial charge on any atom is 1.00 e. The molecule has 0 aliphatic heterocycles. The van der Waals surface area contributed by atoms with Crippen molar-refractivity contribution in [2.45, 2.75) is 13.3 Å². The van der Waals surface area contributed by atoms with Crippen LogP contribution in [0, 0.1) is 0 Å². The average Bonchev–Trinajstić information content (AvgIpc) is 1.99. The van der Waals surface area contributed by atoms with Crippen molar-refractivity contribution in [3.63, 3.8) is 0 Å². The van der Waals surface area contributed by atoms with Gasteiger partial charge in [-0.1, -0.05) is 13.5 Å². The standard InChI is InChI=1S/C6H9NO3.Na.H/c1-3-6(9)10-7-5(2)4-8;;/h4,7H,2-3H2,1H3;;/q;+1;-1. The first kappa shape index (κ1) is 13.3. The fourth-order valence-corrected chi connectivity index (χ4v) is 0.219. The molecule has 0 rings (SSSR count). The van der Waals surface area contributed by atoms with Crippen LogP contribution in [0.3, 0.4) is 0 Å². The zero-order valence-corrected chi connectivity index (χ0v) is 8.72. The van der Waals surface area contributed by atoms with Crippen LogP contribution < -0.4 is 35.0 Å². The van der Waals surface area contributed by atoms with Crippen molar-refractivity contribution in [3.8, 4) is 0 Å². The molecule has 4 nitrogen and oxygen atoms in total. The molecule has 1 N–H and O–H groups in total. The van der Waals surface area contributed by atoms with Crippen molar-refractivity contribution < 1.29 is 45.4 Å². The summed E-state index contributed by atoms with van der Waals surface area (Å²) in [6.07, 6.45) is 0.724. The summed E-state index contributed by atoms with van der Waals surface area (Å²) in [7, 11) is 0. The Morgan fingerprint density at radius 2 is 2.36 bits per heavy atom. The van der Waals surface area contributed by atoms with Gasteiger partial charge in [0, 0.05) is 6.42 Å². The predicted molar refractivity (Wildman–Crippen MR) is 35.8 cm³/mol. The average molecular weight is 167 g/mol. The summed E-state index contributed by atoms with van der Waals surface area (Å²) in [5.74, 6) is -0.428. The summed E-state index contributed by atoms with van der Waals surface area (Å²) in [5, 5.41) is 0. The number of hydrogen-bond acceptors (Lipinski definition) is 4. The van der Waals surface area contributed by atoms with Crippen molar-refractivity contribution in [1.29, 1.82) is 0 Å². The minimum atomic E-state index is -0.428. The Bertz CT molecular complexity index is 163. The number of hydroxylamine groups is 1. The van der Waals surface area contributed by atoms with Gasteiger partial charge in [-0.05, 0) is 0 Å². The smallest absolute Gasteiger partial charge is 1.00 e. The largest absolute Gasteiger partial charge is 1.00 e. The number of nitrogens with one attached hydrogen (secondary N) is 1. The van der Waals surface area contributed by atoms with Gasteiger partial charge in [0.1, 0.15) is 5.70 Å². The fourth-order valence-electron chi connectivity index (χ4n) is 0.219. The van der Waals surface area contributed by atoms with Gasteiger partial charge in [0.25, 0.3) is 0 Å². The number of carbonyl (C=O) groups excluding carboxylic acids is 2. The molecule has 0 bridgehead atoms. The van der Waals surface area contributed by atoms with Crippen LogP contribution >= 0.6 is 0 Å². The van der Waals surface area contributed by atoms with Gasteiger partial charge >= 0.3 is 35.5 Å². The molecule has 0 atom stereocenters. The third-order valence-corrected chi connectivity index (χ3v) is 0.727. The number of carbonyl (C=O) groups is 2. The first-order valence-corrected chi connectivity index (χ1v) is 2.80. The van der Waals surface area contributed by atoms with Crippen molar-refractivity contribution in [1.82, 2.24) is 5.48 Å². The number of rotatable bonds is 4. The molecule has 0 spiro atoms. The minimum absolute atomic E-state index is 0. The minimum Gasteiger partial charge on any atom is -1.00 e. The maximum absolute atomic E-state index is 10.4. The summed E-state index contributed by atoms with van der Waals surface area (Å²) in [5.41, 5.74) is 2.10. The summed E-state index contributed by atoms with van der Waals surface area (Å²) in [4.78, 5) is 24.6. The van der Waals surface area contributed by atoms with Crippen LogP contribution in [0.1, 0.15) is 14.8 Å². The van der Waals surface area contributed by atoms with Gasteiger partial charge in [0.2, 0.25) is 0 Å². The molecule has 0 fully saturated rings. The van der Waals surface area contributed by atoms with Crippen molar-refractivity contribution >= 4 is 12.3 Å². The van der Waals surface area contributed by atoms with Crippen LogP contribution in [0.25, 0.3) is 0 Å². The molecule has 0 aromatic rings. The number of aldehydes is 1. The third kappa shape index (κ3) is 7.58. The normalized spacial score (nSPS) is 7.36. The van der Waals surface area contributed by atoms with Gasteiger partial charge < -0.3 is 6.26 Å². The third-order valence-electron chi connectivity index (χ3n) is 0.727. The van der Waals surface area contributed by atoms with Crippen LogP contribution in [-0.2, 0) is 14.4 Å². The second kappa shape index (κ2) is 7.78.